The summed E-state index contributed by atoms with van der Waals surface area (Å²) in [6.45, 7) is 0. The van der Waals surface area contributed by atoms with Crippen molar-refractivity contribution in [1.29, 1.82) is 0 Å². The second-order valence-corrected chi connectivity index (χ2v) is 0.567. The summed E-state index contributed by atoms with van der Waals surface area (Å²) < 4.78 is 25.2. The molecule has 1 radical (unpaired) electrons. The number of hydrogen-bond acceptors (Lipinski definition) is 2. The van der Waals surface area contributed by atoms with E-state index in [1.165, 1.54) is 0 Å². The van der Waals surface area contributed by atoms with Gasteiger partial charge >= 0.3 is 10.8 Å². The molecule has 0 aromatic carbocycles. The van der Waals surface area contributed by atoms with Gasteiger partial charge in [0.15, 0.2) is 0 Å². The average molecular weight is 89.5 g/mol. The highest BCUT2D eigenvalue weighted by molar-refractivity contribution is 1.89. The van der Waals surface area contributed by atoms with Gasteiger partial charge in [-0.05, 0) is 0 Å². The molecule has 25 valence electrons. The number of hydrogen-bond donors (Lipinski definition) is 0. The van der Waals surface area contributed by atoms with Gasteiger partial charge in [-0.1, -0.05) is 0 Å². The van der Waals surface area contributed by atoms with Gasteiger partial charge in [0.2, 0.25) is 0 Å². The van der Waals surface area contributed by atoms with Crippen LogP contribution in [0.4, 0.5) is 0 Å². The fraction of sp³-hybridized carbons (Fsp3) is 0. The molecule has 0 saturated carbocycles. The Hall–Kier alpha value is 0.170. The van der Waals surface area contributed by atoms with Gasteiger partial charge in [-0.2, -0.15) is 0 Å². The van der Waals surface area contributed by atoms with Gasteiger partial charge < -0.3 is 9.32 Å². The number of rotatable bonds is 0. The van der Waals surface area contributed by atoms with Gasteiger partial charge in [-0.25, -0.2) is 0 Å². The van der Waals surface area contributed by atoms with Crippen molar-refractivity contribution in [2.24, 2.45) is 0 Å². The van der Waals surface area contributed by atoms with Gasteiger partial charge in [0.1, 0.15) is 0 Å². The van der Waals surface area contributed by atoms with Crippen LogP contribution in [-0.4, -0.2) is 0 Å². The zero-order valence-corrected chi connectivity index (χ0v) is 2.36. The van der Waals surface area contributed by atoms with Crippen LogP contribution in [0.5, 0.6) is 0 Å². The Morgan fingerprint density at radius 3 is 1.50 bits per heavy atom. The van der Waals surface area contributed by atoms with Crippen LogP contribution in [-0.2, 0) is 4.66 Å². The molecular weight excluding hydrogens is 89.5 g/mol. The van der Waals surface area contributed by atoms with Crippen LogP contribution in [0.2, 0.25) is 0 Å². The molecule has 0 spiro atoms. The molecule has 0 aromatic rings. The van der Waals surface area contributed by atoms with E-state index in [9.17, 15) is 0 Å². The lowest BCUT2D eigenvalue weighted by molar-refractivity contribution is -1.64. The van der Waals surface area contributed by atoms with E-state index in [2.05, 4.69) is 0 Å². The first-order chi connectivity index (χ1) is 1.73. The highest BCUT2D eigenvalue weighted by Gasteiger charge is 1.88. The first kappa shape index (κ1) is 4.17. The lowest BCUT2D eigenvalue weighted by Crippen LogP contribution is -2.28. The number of halogens is 1. The van der Waals surface area contributed by atoms with Crippen LogP contribution in [0.15, 0.2) is 0 Å². The molecule has 4 heteroatoms. The summed E-state index contributed by atoms with van der Waals surface area (Å²) in [7, 11) is -2.85. The topological polar surface area (TPSA) is 66.0 Å². The second-order valence-electron chi connectivity index (χ2n) is 0.189. The van der Waals surface area contributed by atoms with Crippen LogP contribution < -0.4 is 9.32 Å². The van der Waals surface area contributed by atoms with E-state index in [1.807, 2.05) is 0 Å². The van der Waals surface area contributed by atoms with E-state index in [4.69, 9.17) is 14.0 Å². The molecule has 0 bridgehead atoms. The van der Waals surface area contributed by atoms with Crippen molar-refractivity contribution in [3.05, 3.63) is 0 Å². The molecule has 0 aromatic heterocycles. The lowest BCUT2D eigenvalue weighted by Gasteiger charge is -1.66. The maximum Gasteiger partial charge on any atom is 0.339 e. The summed E-state index contributed by atoms with van der Waals surface area (Å²) in [4.78, 5) is 0. The molecule has 4 heavy (non-hydrogen) atoms. The maximum absolute atomic E-state index is 8.41. The SMILES string of the molecule is [18O][Cl+2]([18O-])[18O-]. The zero-order chi connectivity index (χ0) is 3.58. The van der Waals surface area contributed by atoms with Gasteiger partial charge in [-0.3, -0.25) is 0 Å². The third-order valence-electron chi connectivity index (χ3n) is 0. The summed E-state index contributed by atoms with van der Waals surface area (Å²) in [6, 6.07) is 0. The quantitative estimate of drug-likeness (QED) is 0.308. The van der Waals surface area contributed by atoms with Crippen molar-refractivity contribution < 1.29 is 24.8 Å². The summed E-state index contributed by atoms with van der Waals surface area (Å²) in [5, 5.41) is 0. The monoisotopic (exact) mass is 89.0 g/mol. The van der Waals surface area contributed by atoms with Gasteiger partial charge in [-0.15, -0.1) is 0 Å². The van der Waals surface area contributed by atoms with E-state index in [0.717, 1.165) is 0 Å². The van der Waals surface area contributed by atoms with Crippen molar-refractivity contribution in [1.82, 2.24) is 0 Å². The van der Waals surface area contributed by atoms with Crippen LogP contribution in [0, 0.1) is 10.8 Å². The fourth-order valence-corrected chi connectivity index (χ4v) is 0. The van der Waals surface area contributed by atoms with E-state index < -0.39 is 10.8 Å². The predicted octanol–water partition coefficient (Wildman–Crippen LogP) is -2.50. The molecule has 0 aliphatic heterocycles. The Kier molecular flexibility index (Phi) is 1.55. The maximum atomic E-state index is 8.41. The minimum absolute atomic E-state index is 2.85. The van der Waals surface area contributed by atoms with Crippen LogP contribution in [0.3, 0.4) is 0 Å². The Morgan fingerprint density at radius 1 is 1.50 bits per heavy atom. The second kappa shape index (κ2) is 1.49. The summed E-state index contributed by atoms with van der Waals surface area (Å²) >= 11 is 0. The van der Waals surface area contributed by atoms with Crippen molar-refractivity contribution >= 4 is 0 Å². The lowest BCUT2D eigenvalue weighted by atomic mass is 17.8. The first-order valence-electron chi connectivity index (χ1n) is 0.463. The highest BCUT2D eigenvalue weighted by atomic mass is 35.6. The Labute approximate surface area is 25.9 Å². The molecule has 0 unspecified atom stereocenters. The third kappa shape index (κ3) is 103. The van der Waals surface area contributed by atoms with Crippen LogP contribution in [0.25, 0.3) is 0 Å². The smallest absolute Gasteiger partial charge is 0.317 e. The molecule has 0 rings (SSSR count). The van der Waals surface area contributed by atoms with E-state index in [0.29, 0.717) is 0 Å². The summed E-state index contributed by atoms with van der Waals surface area (Å²) in [5.74, 6) is 0. The van der Waals surface area contributed by atoms with Gasteiger partial charge in [0.25, 0.3) is 4.66 Å². The average Bonchev–Trinajstić information content (AvgIpc) is 0.811. The highest BCUT2D eigenvalue weighted by Crippen LogP contribution is 1.42. The van der Waals surface area contributed by atoms with E-state index >= 15 is 0 Å². The third-order valence-corrected chi connectivity index (χ3v) is 0. The Bertz CT molecular complexity index is 8.00. The first-order valence-corrected chi connectivity index (χ1v) is 1.39. The molecule has 0 fully saturated rings. The molecule has 0 aliphatic rings. The molecule has 0 aliphatic carbocycles. The van der Waals surface area contributed by atoms with E-state index in [-0.39, 0.29) is 0 Å². The van der Waals surface area contributed by atoms with E-state index in [1.54, 1.807) is 0 Å². The Morgan fingerprint density at radius 2 is 1.50 bits per heavy atom. The molecule has 0 heterocycles. The Balaban J connectivity index is 2.32. The van der Waals surface area contributed by atoms with Crippen LogP contribution >= 0.6 is 0 Å². The predicted molar refractivity (Wildman–Crippen MR) is 0.686 cm³/mol. The summed E-state index contributed by atoms with van der Waals surface area (Å²) in [5.41, 5.74) is 0. The largest absolute Gasteiger partial charge is 0.339 e. The minimum Gasteiger partial charge on any atom is -0.317 e. The molecule has 0 saturated heterocycles. The molecular formula is ClO3. The molecule has 0 N–H and O–H groups in total. The fourth-order valence-electron chi connectivity index (χ4n) is 0. The van der Waals surface area contributed by atoms with Crippen molar-refractivity contribution in [2.75, 3.05) is 0 Å². The molecule has 3 nitrogen and oxygen atoms in total. The molecule has 0 atom stereocenters. The van der Waals surface area contributed by atoms with Crippen LogP contribution in [0.1, 0.15) is 0 Å². The van der Waals surface area contributed by atoms with Crippen molar-refractivity contribution in [3.8, 4) is 0 Å². The zero-order valence-electron chi connectivity index (χ0n) is 1.60. The van der Waals surface area contributed by atoms with Crippen molar-refractivity contribution in [2.45, 2.75) is 0 Å². The van der Waals surface area contributed by atoms with Gasteiger partial charge in [0.05, 0.1) is 0 Å². The molecule has 0 amide bonds. The summed E-state index contributed by atoms with van der Waals surface area (Å²) in [6.07, 6.45) is 0. The minimum atomic E-state index is -2.85. The normalized spacial score (nSPS) is 9.00. The van der Waals surface area contributed by atoms with Crippen molar-refractivity contribution in [3.63, 3.8) is 0 Å². The standard InChI is InChI=1S/ClO3/c2-1(3)4/i2+2,3+2,4+2. The van der Waals surface area contributed by atoms with Gasteiger partial charge in [0, 0.05) is 0 Å².